The molecule has 25 heavy (non-hydrogen) atoms. The van der Waals surface area contributed by atoms with Gasteiger partial charge >= 0.3 is 0 Å². The van der Waals surface area contributed by atoms with Gasteiger partial charge in [-0.15, -0.1) is 0 Å². The first-order chi connectivity index (χ1) is 12.2. The summed E-state index contributed by atoms with van der Waals surface area (Å²) >= 11 is 0. The fourth-order valence-electron chi connectivity index (χ4n) is 3.30. The van der Waals surface area contributed by atoms with Crippen LogP contribution in [0.3, 0.4) is 0 Å². The van der Waals surface area contributed by atoms with Crippen LogP contribution in [0.4, 0.5) is 5.82 Å². The zero-order valence-electron chi connectivity index (χ0n) is 14.8. The van der Waals surface area contributed by atoms with Gasteiger partial charge in [0.1, 0.15) is 12.4 Å². The van der Waals surface area contributed by atoms with Gasteiger partial charge in [0.25, 0.3) is 5.91 Å². The summed E-state index contributed by atoms with van der Waals surface area (Å²) in [7, 11) is 1.60. The summed E-state index contributed by atoms with van der Waals surface area (Å²) in [5.41, 5.74) is 3.61. The second-order valence-electron chi connectivity index (χ2n) is 6.32. The zero-order valence-corrected chi connectivity index (χ0v) is 14.8. The highest BCUT2D eigenvalue weighted by molar-refractivity contribution is 5.91. The number of fused-ring (bicyclic) bond motifs is 1. The normalized spacial score (nSPS) is 16.5. The van der Waals surface area contributed by atoms with Crippen molar-refractivity contribution in [1.82, 2.24) is 9.78 Å². The molecule has 1 N–H and O–H groups in total. The molecule has 0 bridgehead atoms. The van der Waals surface area contributed by atoms with Gasteiger partial charge in [-0.1, -0.05) is 24.3 Å². The quantitative estimate of drug-likeness (QED) is 0.785. The number of methoxy groups -OCH3 is 1. The van der Waals surface area contributed by atoms with Crippen molar-refractivity contribution in [3.63, 3.8) is 0 Å². The number of carbonyl (C=O) groups is 1. The van der Waals surface area contributed by atoms with Gasteiger partial charge in [0.05, 0.1) is 25.5 Å². The maximum Gasteiger partial charge on any atom is 0.251 e. The van der Waals surface area contributed by atoms with E-state index in [-0.39, 0.29) is 18.6 Å². The Morgan fingerprint density at radius 3 is 3.04 bits per heavy atom. The molecular weight excluding hydrogens is 318 g/mol. The molecule has 3 rings (SSSR count). The fourth-order valence-corrected chi connectivity index (χ4v) is 3.30. The zero-order chi connectivity index (χ0) is 17.6. The summed E-state index contributed by atoms with van der Waals surface area (Å²) in [5, 5.41) is 7.50. The predicted molar refractivity (Wildman–Crippen MR) is 95.8 cm³/mol. The number of aromatic nitrogens is 2. The van der Waals surface area contributed by atoms with Crippen LogP contribution in [0, 0.1) is 6.92 Å². The van der Waals surface area contributed by atoms with E-state index in [1.54, 1.807) is 13.3 Å². The van der Waals surface area contributed by atoms with Crippen molar-refractivity contribution in [1.29, 1.82) is 0 Å². The first kappa shape index (κ1) is 17.6. The van der Waals surface area contributed by atoms with Crippen LogP contribution in [0.25, 0.3) is 0 Å². The molecule has 1 amide bonds. The van der Waals surface area contributed by atoms with Crippen LogP contribution in [0.15, 0.2) is 30.5 Å². The van der Waals surface area contributed by atoms with Crippen molar-refractivity contribution in [2.24, 2.45) is 0 Å². The molecule has 6 heteroatoms. The fraction of sp³-hybridized carbons (Fsp3) is 0.474. The van der Waals surface area contributed by atoms with Crippen LogP contribution in [0.1, 0.15) is 35.6 Å². The van der Waals surface area contributed by atoms with Crippen LogP contribution in [-0.2, 0) is 20.7 Å². The van der Waals surface area contributed by atoms with Crippen molar-refractivity contribution < 1.29 is 14.3 Å². The number of carbonyl (C=O) groups excluding carboxylic acids is 1. The molecule has 0 saturated carbocycles. The molecule has 0 fully saturated rings. The Balaban J connectivity index is 1.75. The van der Waals surface area contributed by atoms with E-state index in [4.69, 9.17) is 9.47 Å². The molecule has 0 aliphatic heterocycles. The molecule has 1 atom stereocenters. The van der Waals surface area contributed by atoms with Crippen molar-refractivity contribution >= 4 is 11.7 Å². The number of hydrogen-bond acceptors (Lipinski definition) is 4. The first-order valence-electron chi connectivity index (χ1n) is 8.69. The molecule has 0 saturated heterocycles. The van der Waals surface area contributed by atoms with E-state index in [0.29, 0.717) is 13.2 Å². The van der Waals surface area contributed by atoms with Crippen LogP contribution >= 0.6 is 0 Å². The van der Waals surface area contributed by atoms with Crippen LogP contribution in [0.5, 0.6) is 0 Å². The second kappa shape index (κ2) is 8.27. The maximum atomic E-state index is 12.2. The van der Waals surface area contributed by atoms with Crippen molar-refractivity contribution in [2.75, 3.05) is 32.2 Å². The number of ether oxygens (including phenoxy) is 2. The molecule has 1 aliphatic carbocycles. The number of amides is 1. The number of nitrogens with one attached hydrogen (secondary N) is 1. The molecule has 6 nitrogen and oxygen atoms in total. The molecule has 1 heterocycles. The summed E-state index contributed by atoms with van der Waals surface area (Å²) in [6, 6.07) is 8.64. The highest BCUT2D eigenvalue weighted by Gasteiger charge is 2.25. The Kier molecular flexibility index (Phi) is 5.83. The van der Waals surface area contributed by atoms with Gasteiger partial charge in [0, 0.05) is 12.7 Å². The standard InChI is InChI=1S/C19H25N3O3/c1-14-12-20-22(19(14)21-18(23)13-25-11-10-24-2)17-9-5-7-15-6-3-4-8-16(15)17/h3-4,6,8,12,17H,5,7,9-11,13H2,1-2H3,(H,21,23)/t17-/m0/s1. The van der Waals surface area contributed by atoms with E-state index in [2.05, 4.69) is 34.7 Å². The third-order valence-corrected chi connectivity index (χ3v) is 4.53. The van der Waals surface area contributed by atoms with Gasteiger partial charge in [-0.05, 0) is 37.3 Å². The summed E-state index contributed by atoms with van der Waals surface area (Å²) < 4.78 is 12.2. The highest BCUT2D eigenvalue weighted by Crippen LogP contribution is 2.35. The number of aryl methyl sites for hydroxylation is 2. The second-order valence-corrected chi connectivity index (χ2v) is 6.32. The number of nitrogens with zero attached hydrogens (tertiary/aromatic N) is 2. The van der Waals surface area contributed by atoms with E-state index in [1.165, 1.54) is 11.1 Å². The van der Waals surface area contributed by atoms with E-state index in [9.17, 15) is 4.79 Å². The lowest BCUT2D eigenvalue weighted by atomic mass is 9.88. The maximum absolute atomic E-state index is 12.2. The lowest BCUT2D eigenvalue weighted by Gasteiger charge is -2.27. The average molecular weight is 343 g/mol. The van der Waals surface area contributed by atoms with E-state index in [0.717, 1.165) is 30.6 Å². The topological polar surface area (TPSA) is 65.4 Å². The molecule has 134 valence electrons. The molecule has 1 aromatic heterocycles. The third kappa shape index (κ3) is 4.08. The summed E-state index contributed by atoms with van der Waals surface area (Å²) in [6.45, 7) is 2.84. The molecule has 0 unspecified atom stereocenters. The largest absolute Gasteiger partial charge is 0.382 e. The minimum Gasteiger partial charge on any atom is -0.382 e. The smallest absolute Gasteiger partial charge is 0.251 e. The Morgan fingerprint density at radius 2 is 2.20 bits per heavy atom. The Labute approximate surface area is 148 Å². The minimum absolute atomic E-state index is 0.00916. The number of anilines is 1. The highest BCUT2D eigenvalue weighted by atomic mass is 16.5. The average Bonchev–Trinajstić information content (AvgIpc) is 2.99. The van der Waals surface area contributed by atoms with Gasteiger partial charge in [-0.3, -0.25) is 4.79 Å². The van der Waals surface area contributed by atoms with Crippen molar-refractivity contribution in [2.45, 2.75) is 32.2 Å². The predicted octanol–water partition coefficient (Wildman–Crippen LogP) is 2.72. The summed E-state index contributed by atoms with van der Waals surface area (Å²) in [6.07, 6.45) is 5.04. The van der Waals surface area contributed by atoms with E-state index < -0.39 is 0 Å². The van der Waals surface area contributed by atoms with E-state index >= 15 is 0 Å². The SMILES string of the molecule is COCCOCC(=O)Nc1c(C)cnn1[C@H]1CCCc2ccccc21. The molecule has 1 aliphatic rings. The number of benzene rings is 1. The van der Waals surface area contributed by atoms with Gasteiger partial charge < -0.3 is 14.8 Å². The van der Waals surface area contributed by atoms with Crippen molar-refractivity contribution in [3.8, 4) is 0 Å². The lowest BCUT2D eigenvalue weighted by molar-refractivity contribution is -0.121. The summed E-state index contributed by atoms with van der Waals surface area (Å²) in [5.74, 6) is 0.576. The van der Waals surface area contributed by atoms with Crippen LogP contribution in [-0.4, -0.2) is 42.6 Å². The van der Waals surface area contributed by atoms with Gasteiger partial charge in [0.15, 0.2) is 0 Å². The van der Waals surface area contributed by atoms with Gasteiger partial charge in [-0.25, -0.2) is 4.68 Å². The monoisotopic (exact) mass is 343 g/mol. The first-order valence-corrected chi connectivity index (χ1v) is 8.69. The van der Waals surface area contributed by atoms with Crippen LogP contribution in [0.2, 0.25) is 0 Å². The Hall–Kier alpha value is -2.18. The van der Waals surface area contributed by atoms with Crippen molar-refractivity contribution in [3.05, 3.63) is 47.2 Å². The lowest BCUT2D eigenvalue weighted by Crippen LogP contribution is -2.25. The van der Waals surface area contributed by atoms with Gasteiger partial charge in [0.2, 0.25) is 0 Å². The Bertz CT molecular complexity index is 726. The van der Waals surface area contributed by atoms with Crippen LogP contribution < -0.4 is 5.32 Å². The van der Waals surface area contributed by atoms with Gasteiger partial charge in [-0.2, -0.15) is 5.10 Å². The molecule has 0 radical (unpaired) electrons. The molecule has 0 spiro atoms. The molecule has 1 aromatic carbocycles. The Morgan fingerprint density at radius 1 is 1.36 bits per heavy atom. The molecular formula is C19H25N3O3. The number of hydrogen-bond donors (Lipinski definition) is 1. The number of rotatable bonds is 7. The summed E-state index contributed by atoms with van der Waals surface area (Å²) in [4.78, 5) is 12.2. The minimum atomic E-state index is -0.176. The van der Waals surface area contributed by atoms with E-state index in [1.807, 2.05) is 11.6 Å². The molecule has 2 aromatic rings. The third-order valence-electron chi connectivity index (χ3n) is 4.53.